The Labute approximate surface area is 141 Å². The first-order chi connectivity index (χ1) is 11.8. The molecular weight excluding hydrogens is 302 g/mol. The van der Waals surface area contributed by atoms with Crippen LogP contribution < -0.4 is 16.0 Å². The van der Waals surface area contributed by atoms with Crippen LogP contribution in [-0.4, -0.2) is 28.7 Å². The predicted octanol–water partition coefficient (Wildman–Crippen LogP) is 2.66. The molecule has 2 aromatic rings. The molecule has 2 heterocycles. The lowest BCUT2D eigenvalue weighted by atomic mass is 10.1. The standard InChI is InChI=1S/C18H23N5O/c24-18(17-15-11-19-9-8-16(15)22-23-17)21-14-7-3-6-13(10-14)20-12-4-1-2-5-12/h3,6-7,10,12,19-20H,1-2,4-5,8-9,11H2,(H,21,24)(H,22,23). The largest absolute Gasteiger partial charge is 0.382 e. The van der Waals surface area contributed by atoms with Crippen LogP contribution in [0.4, 0.5) is 11.4 Å². The van der Waals surface area contributed by atoms with Crippen LogP contribution in [0.25, 0.3) is 0 Å². The zero-order valence-corrected chi connectivity index (χ0v) is 13.7. The number of nitrogens with one attached hydrogen (secondary N) is 4. The lowest BCUT2D eigenvalue weighted by molar-refractivity contribution is 0.102. The fourth-order valence-corrected chi connectivity index (χ4v) is 3.60. The molecule has 1 amide bonds. The van der Waals surface area contributed by atoms with E-state index in [1.165, 1.54) is 25.7 Å². The molecule has 4 rings (SSSR count). The number of anilines is 2. The van der Waals surface area contributed by atoms with E-state index in [0.29, 0.717) is 18.3 Å². The number of H-pyrrole nitrogens is 1. The molecule has 0 bridgehead atoms. The van der Waals surface area contributed by atoms with Crippen LogP contribution in [0.15, 0.2) is 24.3 Å². The molecule has 6 nitrogen and oxygen atoms in total. The first-order valence-corrected chi connectivity index (χ1v) is 8.74. The summed E-state index contributed by atoms with van der Waals surface area (Å²) in [5, 5.41) is 17.0. The van der Waals surface area contributed by atoms with E-state index in [-0.39, 0.29) is 5.91 Å². The van der Waals surface area contributed by atoms with Crippen LogP contribution >= 0.6 is 0 Å². The lowest BCUT2D eigenvalue weighted by Gasteiger charge is -2.15. The summed E-state index contributed by atoms with van der Waals surface area (Å²) in [6, 6.07) is 8.48. The Balaban J connectivity index is 1.46. The lowest BCUT2D eigenvalue weighted by Crippen LogP contribution is -2.25. The molecule has 6 heteroatoms. The maximum Gasteiger partial charge on any atom is 0.276 e. The van der Waals surface area contributed by atoms with Crippen molar-refractivity contribution in [2.75, 3.05) is 17.2 Å². The third-order valence-electron chi connectivity index (χ3n) is 4.87. The number of carbonyl (C=O) groups is 1. The molecule has 1 aromatic carbocycles. The zero-order chi connectivity index (χ0) is 16.4. The van der Waals surface area contributed by atoms with Crippen LogP contribution in [0.2, 0.25) is 0 Å². The molecule has 126 valence electrons. The Morgan fingerprint density at radius 2 is 2.04 bits per heavy atom. The van der Waals surface area contributed by atoms with Gasteiger partial charge in [-0.2, -0.15) is 5.10 Å². The molecule has 0 radical (unpaired) electrons. The second kappa shape index (κ2) is 6.65. The third kappa shape index (κ3) is 3.14. The summed E-state index contributed by atoms with van der Waals surface area (Å²) in [6.45, 7) is 1.61. The van der Waals surface area contributed by atoms with Crippen LogP contribution in [0.3, 0.4) is 0 Å². The van der Waals surface area contributed by atoms with E-state index in [4.69, 9.17) is 0 Å². The Kier molecular flexibility index (Phi) is 4.21. The number of fused-ring (bicyclic) bond motifs is 1. The van der Waals surface area contributed by atoms with Crippen LogP contribution in [0, 0.1) is 0 Å². The second-order valence-electron chi connectivity index (χ2n) is 6.62. The van der Waals surface area contributed by atoms with Gasteiger partial charge in [-0.15, -0.1) is 0 Å². The topological polar surface area (TPSA) is 81.8 Å². The monoisotopic (exact) mass is 325 g/mol. The van der Waals surface area contributed by atoms with Crippen molar-refractivity contribution in [2.24, 2.45) is 0 Å². The summed E-state index contributed by atoms with van der Waals surface area (Å²) in [4.78, 5) is 12.6. The van der Waals surface area contributed by atoms with Crippen molar-refractivity contribution < 1.29 is 4.79 Å². The maximum atomic E-state index is 12.6. The molecule has 1 aliphatic carbocycles. The van der Waals surface area contributed by atoms with Crippen molar-refractivity contribution in [3.8, 4) is 0 Å². The van der Waals surface area contributed by atoms with Crippen molar-refractivity contribution >= 4 is 17.3 Å². The van der Waals surface area contributed by atoms with Gasteiger partial charge < -0.3 is 16.0 Å². The molecule has 1 saturated carbocycles. The smallest absolute Gasteiger partial charge is 0.276 e. The normalized spacial score (nSPS) is 17.5. The molecule has 0 saturated heterocycles. The van der Waals surface area contributed by atoms with Crippen molar-refractivity contribution in [3.63, 3.8) is 0 Å². The number of aromatic nitrogens is 2. The number of rotatable bonds is 4. The van der Waals surface area contributed by atoms with Crippen LogP contribution in [0.1, 0.15) is 47.4 Å². The number of carbonyl (C=O) groups excluding carboxylic acids is 1. The first kappa shape index (κ1) is 15.2. The quantitative estimate of drug-likeness (QED) is 0.696. The van der Waals surface area contributed by atoms with Crippen molar-refractivity contribution in [1.29, 1.82) is 0 Å². The number of amides is 1. The SMILES string of the molecule is O=C(Nc1cccc(NC2CCCC2)c1)c1n[nH]c2c1CNCC2. The number of hydrogen-bond donors (Lipinski definition) is 4. The van der Waals surface area contributed by atoms with Gasteiger partial charge >= 0.3 is 0 Å². The average molecular weight is 325 g/mol. The van der Waals surface area contributed by atoms with Crippen LogP contribution in [0.5, 0.6) is 0 Å². The Morgan fingerprint density at radius 3 is 2.92 bits per heavy atom. The maximum absolute atomic E-state index is 12.6. The summed E-state index contributed by atoms with van der Waals surface area (Å²) in [5.41, 5.74) is 4.40. The molecule has 1 fully saturated rings. The molecule has 0 spiro atoms. The Hall–Kier alpha value is -2.34. The Morgan fingerprint density at radius 1 is 1.21 bits per heavy atom. The van der Waals surface area contributed by atoms with E-state index in [1.54, 1.807) is 0 Å². The number of benzene rings is 1. The molecular formula is C18H23N5O. The molecule has 1 aliphatic heterocycles. The second-order valence-corrected chi connectivity index (χ2v) is 6.62. The zero-order valence-electron chi connectivity index (χ0n) is 13.7. The van der Waals surface area contributed by atoms with E-state index in [1.807, 2.05) is 24.3 Å². The van der Waals surface area contributed by atoms with E-state index in [0.717, 1.165) is 35.6 Å². The first-order valence-electron chi connectivity index (χ1n) is 8.74. The third-order valence-corrected chi connectivity index (χ3v) is 4.87. The van der Waals surface area contributed by atoms with E-state index < -0.39 is 0 Å². The van der Waals surface area contributed by atoms with Gasteiger partial charge in [-0.3, -0.25) is 9.89 Å². The molecule has 0 unspecified atom stereocenters. The fraction of sp³-hybridized carbons (Fsp3) is 0.444. The minimum Gasteiger partial charge on any atom is -0.382 e. The highest BCUT2D eigenvalue weighted by atomic mass is 16.1. The number of hydrogen-bond acceptors (Lipinski definition) is 4. The van der Waals surface area contributed by atoms with Gasteiger partial charge in [0.1, 0.15) is 0 Å². The van der Waals surface area contributed by atoms with Gasteiger partial charge in [0.2, 0.25) is 0 Å². The highest BCUT2D eigenvalue weighted by Gasteiger charge is 2.21. The number of aromatic amines is 1. The van der Waals surface area contributed by atoms with Gasteiger partial charge in [-0.25, -0.2) is 0 Å². The van der Waals surface area contributed by atoms with Crippen molar-refractivity contribution in [1.82, 2.24) is 15.5 Å². The predicted molar refractivity (Wildman–Crippen MR) is 94.3 cm³/mol. The molecule has 0 atom stereocenters. The van der Waals surface area contributed by atoms with E-state index in [2.05, 4.69) is 26.1 Å². The fourth-order valence-electron chi connectivity index (χ4n) is 3.60. The van der Waals surface area contributed by atoms with Gasteiger partial charge in [0.25, 0.3) is 5.91 Å². The average Bonchev–Trinajstić information content (AvgIpc) is 3.24. The summed E-state index contributed by atoms with van der Waals surface area (Å²) >= 11 is 0. The Bertz CT molecular complexity index is 733. The van der Waals surface area contributed by atoms with Gasteiger partial charge in [0, 0.05) is 48.2 Å². The van der Waals surface area contributed by atoms with Gasteiger partial charge in [0.15, 0.2) is 5.69 Å². The molecule has 2 aliphatic rings. The van der Waals surface area contributed by atoms with Gasteiger partial charge in [-0.05, 0) is 31.0 Å². The van der Waals surface area contributed by atoms with E-state index in [9.17, 15) is 4.79 Å². The number of nitrogens with zero attached hydrogens (tertiary/aromatic N) is 1. The summed E-state index contributed by atoms with van der Waals surface area (Å²) < 4.78 is 0. The summed E-state index contributed by atoms with van der Waals surface area (Å²) in [7, 11) is 0. The highest BCUT2D eigenvalue weighted by molar-refractivity contribution is 6.04. The van der Waals surface area contributed by atoms with Gasteiger partial charge in [0.05, 0.1) is 0 Å². The van der Waals surface area contributed by atoms with Crippen molar-refractivity contribution in [3.05, 3.63) is 41.2 Å². The summed E-state index contributed by atoms with van der Waals surface area (Å²) in [5.74, 6) is -0.158. The van der Waals surface area contributed by atoms with Crippen LogP contribution in [-0.2, 0) is 13.0 Å². The minimum atomic E-state index is -0.158. The van der Waals surface area contributed by atoms with Crippen molar-refractivity contribution in [2.45, 2.75) is 44.7 Å². The molecule has 1 aromatic heterocycles. The molecule has 24 heavy (non-hydrogen) atoms. The molecule has 4 N–H and O–H groups in total. The van der Waals surface area contributed by atoms with Gasteiger partial charge in [-0.1, -0.05) is 18.9 Å². The minimum absolute atomic E-state index is 0.158. The summed E-state index contributed by atoms with van der Waals surface area (Å²) in [6.07, 6.45) is 5.93. The highest BCUT2D eigenvalue weighted by Crippen LogP contribution is 2.24. The van der Waals surface area contributed by atoms with E-state index >= 15 is 0 Å².